The van der Waals surface area contributed by atoms with Gasteiger partial charge in [-0.1, -0.05) is 15.9 Å². The Labute approximate surface area is 97.1 Å². The largest absolute Gasteiger partial charge is 0.398 e. The second kappa shape index (κ2) is 4.63. The third-order valence-electron chi connectivity index (χ3n) is 2.20. The van der Waals surface area contributed by atoms with E-state index in [9.17, 15) is 4.79 Å². The van der Waals surface area contributed by atoms with Crippen LogP contribution in [0, 0.1) is 6.92 Å². The summed E-state index contributed by atoms with van der Waals surface area (Å²) < 4.78 is 0.776. The van der Waals surface area contributed by atoms with Crippen LogP contribution in [0.3, 0.4) is 0 Å². The summed E-state index contributed by atoms with van der Waals surface area (Å²) in [6, 6.07) is 3.49. The minimum Gasteiger partial charge on any atom is -0.398 e. The van der Waals surface area contributed by atoms with Crippen molar-refractivity contribution in [2.45, 2.75) is 6.92 Å². The van der Waals surface area contributed by atoms with E-state index in [0.29, 0.717) is 11.3 Å². The molecule has 1 rings (SSSR count). The molecule has 0 heterocycles. The molecule has 0 saturated carbocycles. The highest BCUT2D eigenvalue weighted by molar-refractivity contribution is 9.10. The summed E-state index contributed by atoms with van der Waals surface area (Å²) in [6.07, 6.45) is 0. The SMILES string of the molecule is CON(C)C(=O)c1cc(Br)cc(N)c1C. The van der Waals surface area contributed by atoms with Gasteiger partial charge < -0.3 is 5.73 Å². The Balaban J connectivity index is 3.19. The minimum atomic E-state index is -0.219. The molecule has 0 fully saturated rings. The minimum absolute atomic E-state index is 0.219. The van der Waals surface area contributed by atoms with Crippen molar-refractivity contribution in [2.75, 3.05) is 19.9 Å². The maximum Gasteiger partial charge on any atom is 0.277 e. The number of halogens is 1. The summed E-state index contributed by atoms with van der Waals surface area (Å²) in [4.78, 5) is 16.7. The van der Waals surface area contributed by atoms with Crippen LogP contribution in [0.1, 0.15) is 15.9 Å². The fraction of sp³-hybridized carbons (Fsp3) is 0.300. The molecule has 0 aromatic heterocycles. The molecule has 0 aliphatic rings. The van der Waals surface area contributed by atoms with Crippen LogP contribution in [0.15, 0.2) is 16.6 Å². The molecule has 0 radical (unpaired) electrons. The normalized spacial score (nSPS) is 10.1. The summed E-state index contributed by atoms with van der Waals surface area (Å²) in [5.74, 6) is -0.219. The van der Waals surface area contributed by atoms with Gasteiger partial charge in [0.05, 0.1) is 7.11 Å². The number of anilines is 1. The first-order valence-corrected chi connectivity index (χ1v) is 5.14. The number of hydrogen-bond acceptors (Lipinski definition) is 3. The number of benzene rings is 1. The second-order valence-electron chi connectivity index (χ2n) is 3.15. The predicted octanol–water partition coefficient (Wildman–Crippen LogP) is 1.97. The zero-order chi connectivity index (χ0) is 11.6. The van der Waals surface area contributed by atoms with Crippen LogP contribution in [0.25, 0.3) is 0 Å². The molecule has 82 valence electrons. The molecule has 1 amide bonds. The standard InChI is InChI=1S/C10H13BrN2O2/c1-6-8(10(14)13(2)15-3)4-7(11)5-9(6)12/h4-5H,12H2,1-3H3. The summed E-state index contributed by atoms with van der Waals surface area (Å²) in [6.45, 7) is 1.80. The van der Waals surface area contributed by atoms with E-state index in [1.807, 2.05) is 0 Å². The van der Waals surface area contributed by atoms with Gasteiger partial charge in [0.1, 0.15) is 0 Å². The zero-order valence-electron chi connectivity index (χ0n) is 8.87. The van der Waals surface area contributed by atoms with Crippen molar-refractivity contribution in [1.29, 1.82) is 0 Å². The maximum atomic E-state index is 11.8. The predicted molar refractivity (Wildman–Crippen MR) is 62.4 cm³/mol. The number of amides is 1. The summed E-state index contributed by atoms with van der Waals surface area (Å²) >= 11 is 3.29. The number of carbonyl (C=O) groups excluding carboxylic acids is 1. The van der Waals surface area contributed by atoms with E-state index in [1.165, 1.54) is 7.11 Å². The number of nitrogens with zero attached hydrogens (tertiary/aromatic N) is 1. The first-order valence-electron chi connectivity index (χ1n) is 4.35. The summed E-state index contributed by atoms with van der Waals surface area (Å²) in [5.41, 5.74) is 7.63. The molecular weight excluding hydrogens is 260 g/mol. The van der Waals surface area contributed by atoms with Crippen molar-refractivity contribution in [3.05, 3.63) is 27.7 Å². The van der Waals surface area contributed by atoms with Gasteiger partial charge in [-0.3, -0.25) is 9.63 Å². The van der Waals surface area contributed by atoms with Crippen molar-refractivity contribution in [1.82, 2.24) is 5.06 Å². The molecule has 0 unspecified atom stereocenters. The summed E-state index contributed by atoms with van der Waals surface area (Å²) in [5, 5.41) is 1.16. The molecule has 1 aromatic carbocycles. The van der Waals surface area contributed by atoms with Crippen molar-refractivity contribution in [2.24, 2.45) is 0 Å². The van der Waals surface area contributed by atoms with Gasteiger partial charge in [-0.2, -0.15) is 0 Å². The lowest BCUT2D eigenvalue weighted by molar-refractivity contribution is -0.0757. The van der Waals surface area contributed by atoms with E-state index in [2.05, 4.69) is 15.9 Å². The van der Waals surface area contributed by atoms with E-state index < -0.39 is 0 Å². The van der Waals surface area contributed by atoms with Gasteiger partial charge in [0.25, 0.3) is 5.91 Å². The third kappa shape index (κ3) is 2.49. The van der Waals surface area contributed by atoms with Crippen LogP contribution in [0.4, 0.5) is 5.69 Å². The van der Waals surface area contributed by atoms with E-state index in [-0.39, 0.29) is 5.91 Å². The lowest BCUT2D eigenvalue weighted by Gasteiger charge is -2.16. The molecule has 0 spiro atoms. The zero-order valence-corrected chi connectivity index (χ0v) is 10.5. The second-order valence-corrected chi connectivity index (χ2v) is 4.07. The number of carbonyl (C=O) groups is 1. The highest BCUT2D eigenvalue weighted by Gasteiger charge is 2.16. The average Bonchev–Trinajstić information content (AvgIpc) is 2.21. The van der Waals surface area contributed by atoms with Crippen molar-refractivity contribution >= 4 is 27.5 Å². The van der Waals surface area contributed by atoms with Gasteiger partial charge in [-0.25, -0.2) is 5.06 Å². The van der Waals surface area contributed by atoms with Crippen LogP contribution >= 0.6 is 15.9 Å². The number of rotatable bonds is 2. The highest BCUT2D eigenvalue weighted by atomic mass is 79.9. The molecule has 1 aromatic rings. The fourth-order valence-corrected chi connectivity index (χ4v) is 1.65. The number of nitrogens with two attached hydrogens (primary N) is 1. The summed E-state index contributed by atoms with van der Waals surface area (Å²) in [7, 11) is 2.99. The lowest BCUT2D eigenvalue weighted by atomic mass is 10.1. The average molecular weight is 273 g/mol. The lowest BCUT2D eigenvalue weighted by Crippen LogP contribution is -2.26. The van der Waals surface area contributed by atoms with Crippen molar-refractivity contribution in [3.63, 3.8) is 0 Å². The molecule has 0 aliphatic carbocycles. The third-order valence-corrected chi connectivity index (χ3v) is 2.66. The molecule has 0 atom stereocenters. The maximum absolute atomic E-state index is 11.8. The van der Waals surface area contributed by atoms with Gasteiger partial charge >= 0.3 is 0 Å². The van der Waals surface area contributed by atoms with Gasteiger partial charge in [0.15, 0.2) is 0 Å². The van der Waals surface area contributed by atoms with Gasteiger partial charge in [-0.15, -0.1) is 0 Å². The Morgan fingerprint density at radius 3 is 2.67 bits per heavy atom. The number of hydrogen-bond donors (Lipinski definition) is 1. The molecule has 0 bridgehead atoms. The van der Waals surface area contributed by atoms with Gasteiger partial charge in [-0.05, 0) is 24.6 Å². The van der Waals surface area contributed by atoms with Crippen LogP contribution in [-0.4, -0.2) is 25.1 Å². The molecule has 4 nitrogen and oxygen atoms in total. The fourth-order valence-electron chi connectivity index (χ4n) is 1.17. The molecule has 15 heavy (non-hydrogen) atoms. The Morgan fingerprint density at radius 2 is 2.13 bits per heavy atom. The molecule has 2 N–H and O–H groups in total. The Bertz CT molecular complexity index is 393. The Morgan fingerprint density at radius 1 is 1.53 bits per heavy atom. The van der Waals surface area contributed by atoms with Crippen LogP contribution in [0.5, 0.6) is 0 Å². The van der Waals surface area contributed by atoms with E-state index >= 15 is 0 Å². The van der Waals surface area contributed by atoms with Crippen molar-refractivity contribution < 1.29 is 9.63 Å². The van der Waals surface area contributed by atoms with Crippen molar-refractivity contribution in [3.8, 4) is 0 Å². The molecule has 0 saturated heterocycles. The number of nitrogen functional groups attached to an aromatic ring is 1. The number of hydroxylamine groups is 2. The van der Waals surface area contributed by atoms with Gasteiger partial charge in [0, 0.05) is 22.8 Å². The van der Waals surface area contributed by atoms with E-state index in [0.717, 1.165) is 15.1 Å². The van der Waals surface area contributed by atoms with E-state index in [1.54, 1.807) is 26.1 Å². The van der Waals surface area contributed by atoms with Crippen LogP contribution in [-0.2, 0) is 4.84 Å². The van der Waals surface area contributed by atoms with Crippen LogP contribution in [0.2, 0.25) is 0 Å². The Hall–Kier alpha value is -1.07. The smallest absolute Gasteiger partial charge is 0.277 e. The first kappa shape index (κ1) is 12.0. The Kier molecular flexibility index (Phi) is 3.71. The molecular formula is C10H13BrN2O2. The quantitative estimate of drug-likeness (QED) is 0.662. The van der Waals surface area contributed by atoms with E-state index in [4.69, 9.17) is 10.6 Å². The van der Waals surface area contributed by atoms with Gasteiger partial charge in [0.2, 0.25) is 0 Å². The first-order chi connectivity index (χ1) is 6.97. The van der Waals surface area contributed by atoms with Crippen LogP contribution < -0.4 is 5.73 Å². The molecule has 5 heteroatoms. The molecule has 0 aliphatic heterocycles. The topological polar surface area (TPSA) is 55.6 Å². The monoisotopic (exact) mass is 272 g/mol. The highest BCUT2D eigenvalue weighted by Crippen LogP contribution is 2.23.